The molecule has 0 fully saturated rings. The van der Waals surface area contributed by atoms with Crippen molar-refractivity contribution in [2.75, 3.05) is 0 Å². The van der Waals surface area contributed by atoms with E-state index in [2.05, 4.69) is 10.2 Å². The van der Waals surface area contributed by atoms with E-state index in [-0.39, 0.29) is 11.5 Å². The van der Waals surface area contributed by atoms with Crippen LogP contribution < -0.4 is 4.80 Å². The summed E-state index contributed by atoms with van der Waals surface area (Å²) in [4.78, 5) is 0.769. The van der Waals surface area contributed by atoms with Crippen molar-refractivity contribution in [3.05, 3.63) is 52.8 Å². The van der Waals surface area contributed by atoms with Gasteiger partial charge < -0.3 is 14.8 Å². The summed E-state index contributed by atoms with van der Waals surface area (Å²) in [6.45, 7) is 0. The Balaban J connectivity index is 1.97. The number of hydrogen-bond donors (Lipinski definition) is 2. The Hall–Kier alpha value is -2.60. The van der Waals surface area contributed by atoms with Gasteiger partial charge in [-0.1, -0.05) is 23.5 Å². The van der Waals surface area contributed by atoms with Crippen LogP contribution in [-0.4, -0.2) is 21.0 Å². The quantitative estimate of drug-likeness (QED) is 0.564. The first-order valence-electron chi connectivity index (χ1n) is 6.29. The highest BCUT2D eigenvalue weighted by molar-refractivity contribution is 7.16. The molecule has 0 aliphatic rings. The van der Waals surface area contributed by atoms with Crippen LogP contribution in [0.2, 0.25) is 0 Å². The Bertz CT molecular complexity index is 893. The summed E-state index contributed by atoms with van der Waals surface area (Å²) in [7, 11) is 1.94. The monoisotopic (exact) mass is 299 g/mol. The first-order valence-corrected chi connectivity index (χ1v) is 7.10. The molecule has 1 aromatic heterocycles. The molecule has 5 nitrogen and oxygen atoms in total. The van der Waals surface area contributed by atoms with Crippen LogP contribution in [0.25, 0.3) is 10.2 Å². The predicted molar refractivity (Wildman–Crippen MR) is 83.7 cm³/mol. The lowest BCUT2D eigenvalue weighted by Crippen LogP contribution is -2.08. The van der Waals surface area contributed by atoms with Crippen molar-refractivity contribution in [2.45, 2.75) is 0 Å². The number of nitrogens with zero attached hydrogens (tertiary/aromatic N) is 3. The highest BCUT2D eigenvalue weighted by atomic mass is 32.1. The molecule has 2 N–H and O–H groups in total. The Labute approximate surface area is 124 Å². The van der Waals surface area contributed by atoms with Crippen LogP contribution in [0.3, 0.4) is 0 Å². The molecular formula is C15H13N3O2S. The second-order valence-electron chi connectivity index (χ2n) is 4.50. The maximum Gasteiger partial charge on any atom is 0.211 e. The molecule has 0 radical (unpaired) electrons. The Morgan fingerprint density at radius 1 is 1.14 bits per heavy atom. The molecule has 0 atom stereocenters. The molecule has 0 bridgehead atoms. The summed E-state index contributed by atoms with van der Waals surface area (Å²) in [5, 5.41) is 27.1. The number of aryl methyl sites for hydroxylation is 1. The van der Waals surface area contributed by atoms with E-state index in [1.54, 1.807) is 17.4 Å². The van der Waals surface area contributed by atoms with Crippen LogP contribution in [-0.2, 0) is 7.05 Å². The van der Waals surface area contributed by atoms with Crippen LogP contribution in [0, 0.1) is 0 Å². The van der Waals surface area contributed by atoms with E-state index in [4.69, 9.17) is 0 Å². The van der Waals surface area contributed by atoms with Crippen molar-refractivity contribution >= 4 is 27.8 Å². The number of aromatic nitrogens is 1. The molecule has 0 spiro atoms. The summed E-state index contributed by atoms with van der Waals surface area (Å²) in [6, 6.07) is 12.4. The van der Waals surface area contributed by atoms with Gasteiger partial charge in [0.25, 0.3) is 0 Å². The molecule has 3 rings (SSSR count). The summed E-state index contributed by atoms with van der Waals surface area (Å²) in [5.74, 6) is -0.0211. The van der Waals surface area contributed by atoms with Crippen LogP contribution in [0.4, 0.5) is 0 Å². The van der Waals surface area contributed by atoms with E-state index in [1.807, 2.05) is 35.9 Å². The molecule has 106 valence electrons. The van der Waals surface area contributed by atoms with Gasteiger partial charge in [0.2, 0.25) is 4.80 Å². The van der Waals surface area contributed by atoms with Gasteiger partial charge in [0.15, 0.2) is 0 Å². The van der Waals surface area contributed by atoms with Gasteiger partial charge in [-0.3, -0.25) is 0 Å². The Kier molecular flexibility index (Phi) is 3.45. The smallest absolute Gasteiger partial charge is 0.211 e. The number of thiazole rings is 1. The number of rotatable bonds is 2. The van der Waals surface area contributed by atoms with Crippen molar-refractivity contribution in [1.82, 2.24) is 4.57 Å². The highest BCUT2D eigenvalue weighted by Gasteiger charge is 2.01. The topological polar surface area (TPSA) is 70.1 Å². The molecule has 2 aromatic carbocycles. The summed E-state index contributed by atoms with van der Waals surface area (Å²) < 4.78 is 3.11. The van der Waals surface area contributed by atoms with E-state index in [9.17, 15) is 10.2 Å². The third-order valence-corrected chi connectivity index (χ3v) is 4.17. The van der Waals surface area contributed by atoms with Gasteiger partial charge >= 0.3 is 0 Å². The van der Waals surface area contributed by atoms with E-state index in [1.165, 1.54) is 18.3 Å². The van der Waals surface area contributed by atoms with Crippen molar-refractivity contribution in [2.24, 2.45) is 17.3 Å². The van der Waals surface area contributed by atoms with E-state index in [0.717, 1.165) is 15.0 Å². The van der Waals surface area contributed by atoms with Gasteiger partial charge in [0.05, 0.1) is 16.4 Å². The highest BCUT2D eigenvalue weighted by Crippen LogP contribution is 2.20. The van der Waals surface area contributed by atoms with Crippen molar-refractivity contribution in [3.8, 4) is 11.5 Å². The van der Waals surface area contributed by atoms with Gasteiger partial charge in [0, 0.05) is 18.7 Å². The zero-order valence-electron chi connectivity index (χ0n) is 11.3. The molecule has 1 heterocycles. The van der Waals surface area contributed by atoms with Crippen molar-refractivity contribution < 1.29 is 10.2 Å². The van der Waals surface area contributed by atoms with Crippen LogP contribution in [0.1, 0.15) is 5.56 Å². The maximum atomic E-state index is 9.66. The second kappa shape index (κ2) is 5.41. The lowest BCUT2D eigenvalue weighted by atomic mass is 10.2. The summed E-state index contributed by atoms with van der Waals surface area (Å²) in [6.07, 6.45) is 1.46. The number of fused-ring (bicyclic) bond motifs is 1. The average Bonchev–Trinajstić information content (AvgIpc) is 2.79. The number of phenolic OH excluding ortho intramolecular Hbond substituents is 2. The minimum atomic E-state index is -0.0327. The summed E-state index contributed by atoms with van der Waals surface area (Å²) >= 11 is 1.55. The van der Waals surface area contributed by atoms with Gasteiger partial charge in [-0.2, -0.15) is 5.10 Å². The number of para-hydroxylation sites is 1. The van der Waals surface area contributed by atoms with Gasteiger partial charge in [-0.15, -0.1) is 5.10 Å². The predicted octanol–water partition coefficient (Wildman–Crippen LogP) is 2.59. The van der Waals surface area contributed by atoms with Crippen LogP contribution >= 0.6 is 11.3 Å². The maximum absolute atomic E-state index is 9.66. The molecule has 21 heavy (non-hydrogen) atoms. The van der Waals surface area contributed by atoms with Crippen molar-refractivity contribution in [3.63, 3.8) is 0 Å². The zero-order chi connectivity index (χ0) is 14.8. The van der Waals surface area contributed by atoms with Gasteiger partial charge in [-0.05, 0) is 24.3 Å². The van der Waals surface area contributed by atoms with Crippen LogP contribution in [0.5, 0.6) is 11.5 Å². The largest absolute Gasteiger partial charge is 0.508 e. The molecule has 3 aromatic rings. The molecule has 0 unspecified atom stereocenters. The SMILES string of the molecule is Cn1/c(=N/N=C/c2ccc(O)cc2O)sc2ccccc21. The molecule has 6 heteroatoms. The average molecular weight is 299 g/mol. The fraction of sp³-hybridized carbons (Fsp3) is 0.0667. The second-order valence-corrected chi connectivity index (χ2v) is 5.51. The molecule has 0 saturated heterocycles. The fourth-order valence-electron chi connectivity index (χ4n) is 1.96. The summed E-state index contributed by atoms with van der Waals surface area (Å²) in [5.41, 5.74) is 1.60. The fourth-order valence-corrected chi connectivity index (χ4v) is 2.94. The zero-order valence-corrected chi connectivity index (χ0v) is 12.1. The molecule has 0 aliphatic heterocycles. The number of benzene rings is 2. The minimum Gasteiger partial charge on any atom is -0.508 e. The molecule has 0 amide bonds. The van der Waals surface area contributed by atoms with E-state index < -0.39 is 0 Å². The minimum absolute atomic E-state index is 0.0116. The van der Waals surface area contributed by atoms with E-state index >= 15 is 0 Å². The first-order chi connectivity index (χ1) is 10.1. The van der Waals surface area contributed by atoms with Crippen LogP contribution in [0.15, 0.2) is 52.7 Å². The Morgan fingerprint density at radius 3 is 2.71 bits per heavy atom. The number of aromatic hydroxyl groups is 2. The van der Waals surface area contributed by atoms with Crippen molar-refractivity contribution in [1.29, 1.82) is 0 Å². The van der Waals surface area contributed by atoms with E-state index in [0.29, 0.717) is 5.56 Å². The molecule has 0 aliphatic carbocycles. The van der Waals surface area contributed by atoms with Gasteiger partial charge in [-0.25, -0.2) is 0 Å². The third-order valence-electron chi connectivity index (χ3n) is 3.07. The van der Waals surface area contributed by atoms with Gasteiger partial charge in [0.1, 0.15) is 11.5 Å². The molecule has 0 saturated carbocycles. The number of phenols is 2. The lowest BCUT2D eigenvalue weighted by molar-refractivity contribution is 0.450. The lowest BCUT2D eigenvalue weighted by Gasteiger charge is -1.97. The normalized spacial score (nSPS) is 12.5. The standard InChI is InChI=1S/C15H13N3O2S/c1-18-12-4-2-3-5-14(12)21-15(18)17-16-9-10-6-7-11(19)8-13(10)20/h2-9,19-20H,1H3/b16-9+,17-15-. The Morgan fingerprint density at radius 2 is 1.95 bits per heavy atom. The molecular weight excluding hydrogens is 286 g/mol. The third kappa shape index (κ3) is 2.66. The first kappa shape index (κ1) is 13.4. The number of hydrogen-bond acceptors (Lipinski definition) is 5.